The molecule has 6 nitrogen and oxygen atoms in total. The van der Waals surface area contributed by atoms with E-state index in [-0.39, 0.29) is 24.4 Å². The minimum atomic E-state index is -0.104. The van der Waals surface area contributed by atoms with Crippen LogP contribution < -0.4 is 10.6 Å². The van der Waals surface area contributed by atoms with Gasteiger partial charge in [0, 0.05) is 31.9 Å². The van der Waals surface area contributed by atoms with E-state index in [1.807, 2.05) is 35.1 Å². The molecule has 2 unspecified atom stereocenters. The van der Waals surface area contributed by atoms with Crippen LogP contribution in [0.25, 0.3) is 0 Å². The maximum absolute atomic E-state index is 12.4. The smallest absolute Gasteiger partial charge is 0.271 e. The predicted molar refractivity (Wildman–Crippen MR) is 110 cm³/mol. The lowest BCUT2D eigenvalue weighted by Crippen LogP contribution is -2.40. The van der Waals surface area contributed by atoms with Gasteiger partial charge in [-0.05, 0) is 45.0 Å². The topological polar surface area (TPSA) is 62.2 Å². The van der Waals surface area contributed by atoms with Gasteiger partial charge in [0.15, 0.2) is 0 Å². The fraction of sp³-hybridized carbons (Fsp3) is 0.500. The van der Waals surface area contributed by atoms with Gasteiger partial charge in [0.25, 0.3) is 5.91 Å². The van der Waals surface area contributed by atoms with Crippen molar-refractivity contribution in [2.45, 2.75) is 38.4 Å². The molecule has 2 aromatic rings. The summed E-state index contributed by atoms with van der Waals surface area (Å²) in [5.41, 5.74) is 1.77. The molecule has 148 valence electrons. The third-order valence-corrected chi connectivity index (χ3v) is 5.07. The Kier molecular flexibility index (Phi) is 8.28. The SMILES string of the molecule is CC(CNC(=O)c1ccn(C2CCCNC2)n1)N(C)Cc1ccccc1.Cl. The molecule has 0 spiro atoms. The lowest BCUT2D eigenvalue weighted by atomic mass is 10.1. The molecule has 1 fully saturated rings. The van der Waals surface area contributed by atoms with Gasteiger partial charge in [-0.15, -0.1) is 12.4 Å². The average Bonchev–Trinajstić information content (AvgIpc) is 3.17. The summed E-state index contributed by atoms with van der Waals surface area (Å²) in [4.78, 5) is 14.6. The van der Waals surface area contributed by atoms with Crippen molar-refractivity contribution in [1.29, 1.82) is 0 Å². The molecule has 7 heteroatoms. The molecule has 1 aliphatic heterocycles. The number of carbonyl (C=O) groups excluding carboxylic acids is 1. The first kappa shape index (κ1) is 21.4. The summed E-state index contributed by atoms with van der Waals surface area (Å²) in [5, 5.41) is 10.9. The summed E-state index contributed by atoms with van der Waals surface area (Å²) in [5.74, 6) is -0.104. The fourth-order valence-corrected chi connectivity index (χ4v) is 3.24. The number of nitrogens with zero attached hydrogens (tertiary/aromatic N) is 3. The number of rotatable bonds is 7. The molecular formula is C20H30ClN5O. The standard InChI is InChI=1S/C20H29N5O.ClH/c1-16(24(2)15-17-7-4-3-5-8-17)13-22-20(26)19-10-12-25(23-19)18-9-6-11-21-14-18;/h3-5,7-8,10,12,16,18,21H,6,9,11,13-15H2,1-2H3,(H,22,26);1H. The molecule has 2 heterocycles. The largest absolute Gasteiger partial charge is 0.349 e. The highest BCUT2D eigenvalue weighted by Gasteiger charge is 2.18. The molecule has 0 radical (unpaired) electrons. The number of aromatic nitrogens is 2. The highest BCUT2D eigenvalue weighted by Crippen LogP contribution is 2.15. The monoisotopic (exact) mass is 391 g/mol. The van der Waals surface area contributed by atoms with Crippen molar-refractivity contribution in [3.05, 3.63) is 53.9 Å². The number of hydrogen-bond acceptors (Lipinski definition) is 4. The maximum Gasteiger partial charge on any atom is 0.271 e. The van der Waals surface area contributed by atoms with E-state index in [0.29, 0.717) is 18.3 Å². The van der Waals surface area contributed by atoms with Gasteiger partial charge < -0.3 is 10.6 Å². The van der Waals surface area contributed by atoms with Crippen LogP contribution >= 0.6 is 12.4 Å². The van der Waals surface area contributed by atoms with Crippen LogP contribution in [-0.2, 0) is 6.54 Å². The lowest BCUT2D eigenvalue weighted by Gasteiger charge is -2.25. The molecular weight excluding hydrogens is 362 g/mol. The molecule has 0 saturated carbocycles. The van der Waals surface area contributed by atoms with Crippen LogP contribution in [0, 0.1) is 0 Å². The van der Waals surface area contributed by atoms with Crippen molar-refractivity contribution in [2.24, 2.45) is 0 Å². The van der Waals surface area contributed by atoms with E-state index >= 15 is 0 Å². The summed E-state index contributed by atoms with van der Waals surface area (Å²) in [6.07, 6.45) is 4.17. The van der Waals surface area contributed by atoms with Crippen LogP contribution in [0.5, 0.6) is 0 Å². The minimum Gasteiger partial charge on any atom is -0.349 e. The Bertz CT molecular complexity index is 699. The molecule has 1 aromatic carbocycles. The summed E-state index contributed by atoms with van der Waals surface area (Å²) in [7, 11) is 2.08. The Balaban J connectivity index is 0.00000261. The fourth-order valence-electron chi connectivity index (χ4n) is 3.24. The number of benzene rings is 1. The molecule has 0 bridgehead atoms. The van der Waals surface area contributed by atoms with Crippen molar-refractivity contribution in [3.8, 4) is 0 Å². The first-order chi connectivity index (χ1) is 12.6. The Morgan fingerprint density at radius 3 is 2.85 bits per heavy atom. The van der Waals surface area contributed by atoms with E-state index < -0.39 is 0 Å². The van der Waals surface area contributed by atoms with Crippen LogP contribution in [0.15, 0.2) is 42.6 Å². The van der Waals surface area contributed by atoms with E-state index in [1.165, 1.54) is 5.56 Å². The first-order valence-electron chi connectivity index (χ1n) is 9.41. The highest BCUT2D eigenvalue weighted by atomic mass is 35.5. The molecule has 2 atom stereocenters. The van der Waals surface area contributed by atoms with Gasteiger partial charge in [-0.2, -0.15) is 5.10 Å². The van der Waals surface area contributed by atoms with E-state index in [9.17, 15) is 4.79 Å². The second-order valence-electron chi connectivity index (χ2n) is 7.14. The number of amides is 1. The number of piperidine rings is 1. The quantitative estimate of drug-likeness (QED) is 0.761. The number of nitrogens with one attached hydrogen (secondary N) is 2. The molecule has 27 heavy (non-hydrogen) atoms. The van der Waals surface area contributed by atoms with Gasteiger partial charge in [0.1, 0.15) is 5.69 Å². The van der Waals surface area contributed by atoms with Gasteiger partial charge >= 0.3 is 0 Å². The maximum atomic E-state index is 12.4. The van der Waals surface area contributed by atoms with Crippen molar-refractivity contribution in [1.82, 2.24) is 25.3 Å². The second-order valence-corrected chi connectivity index (χ2v) is 7.14. The van der Waals surface area contributed by atoms with Gasteiger partial charge in [0.2, 0.25) is 0 Å². The van der Waals surface area contributed by atoms with Gasteiger partial charge in [-0.3, -0.25) is 14.4 Å². The van der Waals surface area contributed by atoms with E-state index in [1.54, 1.807) is 0 Å². The third-order valence-electron chi connectivity index (χ3n) is 5.07. The van der Waals surface area contributed by atoms with Gasteiger partial charge in [-0.1, -0.05) is 30.3 Å². The van der Waals surface area contributed by atoms with E-state index in [2.05, 4.69) is 46.7 Å². The number of carbonyl (C=O) groups is 1. The predicted octanol–water partition coefficient (Wildman–Crippen LogP) is 2.48. The summed E-state index contributed by atoms with van der Waals surface area (Å²) >= 11 is 0. The Hall–Kier alpha value is -1.89. The van der Waals surface area contributed by atoms with E-state index in [4.69, 9.17) is 0 Å². The first-order valence-corrected chi connectivity index (χ1v) is 9.41. The number of likely N-dealkylation sites (N-methyl/N-ethyl adjacent to an activating group) is 1. The van der Waals surface area contributed by atoms with Crippen molar-refractivity contribution in [3.63, 3.8) is 0 Å². The average molecular weight is 392 g/mol. The van der Waals surface area contributed by atoms with Gasteiger partial charge in [-0.25, -0.2) is 0 Å². The summed E-state index contributed by atoms with van der Waals surface area (Å²) in [6, 6.07) is 12.8. The molecule has 2 N–H and O–H groups in total. The van der Waals surface area contributed by atoms with Crippen LogP contribution in [0.1, 0.15) is 41.9 Å². The van der Waals surface area contributed by atoms with Crippen LogP contribution in [0.3, 0.4) is 0 Å². The molecule has 1 amide bonds. The van der Waals surface area contributed by atoms with Crippen molar-refractivity contribution < 1.29 is 4.79 Å². The Labute approximate surface area is 167 Å². The van der Waals surface area contributed by atoms with Crippen LogP contribution in [-0.4, -0.2) is 53.3 Å². The molecule has 3 rings (SSSR count). The molecule has 1 saturated heterocycles. The van der Waals surface area contributed by atoms with Crippen molar-refractivity contribution >= 4 is 18.3 Å². The zero-order valence-corrected chi connectivity index (χ0v) is 16.9. The number of hydrogen-bond donors (Lipinski definition) is 2. The zero-order valence-electron chi connectivity index (χ0n) is 16.1. The van der Waals surface area contributed by atoms with Crippen LogP contribution in [0.4, 0.5) is 0 Å². The highest BCUT2D eigenvalue weighted by molar-refractivity contribution is 5.92. The summed E-state index contributed by atoms with van der Waals surface area (Å²) in [6.45, 7) is 5.57. The molecule has 1 aromatic heterocycles. The number of halogens is 1. The second kappa shape index (κ2) is 10.4. The van der Waals surface area contributed by atoms with E-state index in [0.717, 1.165) is 32.5 Å². The lowest BCUT2D eigenvalue weighted by molar-refractivity contribution is 0.0933. The van der Waals surface area contributed by atoms with Crippen molar-refractivity contribution in [2.75, 3.05) is 26.7 Å². The molecule has 0 aliphatic carbocycles. The normalized spacial score (nSPS) is 18.0. The summed E-state index contributed by atoms with van der Waals surface area (Å²) < 4.78 is 1.92. The third kappa shape index (κ3) is 6.06. The zero-order chi connectivity index (χ0) is 18.4. The molecule has 1 aliphatic rings. The minimum absolute atomic E-state index is 0. The Morgan fingerprint density at radius 1 is 1.37 bits per heavy atom. The van der Waals surface area contributed by atoms with Crippen LogP contribution in [0.2, 0.25) is 0 Å². The van der Waals surface area contributed by atoms with Gasteiger partial charge in [0.05, 0.1) is 6.04 Å². The Morgan fingerprint density at radius 2 is 2.15 bits per heavy atom.